The van der Waals surface area contributed by atoms with E-state index in [4.69, 9.17) is 11.6 Å². The number of ether oxygens (including phenoxy) is 2. The van der Waals surface area contributed by atoms with Gasteiger partial charge in [-0.05, 0) is 102 Å². The summed E-state index contributed by atoms with van der Waals surface area (Å²) in [6.45, 7) is 17.0. The van der Waals surface area contributed by atoms with Crippen molar-refractivity contribution in [2.24, 2.45) is 10.8 Å². The van der Waals surface area contributed by atoms with Gasteiger partial charge in [0, 0.05) is 78.1 Å². The van der Waals surface area contributed by atoms with Crippen molar-refractivity contribution >= 4 is 58.8 Å². The molecule has 4 aliphatic rings. The van der Waals surface area contributed by atoms with Crippen LogP contribution in [0, 0.1) is 10.8 Å². The third-order valence-electron chi connectivity index (χ3n) is 13.3. The van der Waals surface area contributed by atoms with Crippen molar-refractivity contribution in [1.82, 2.24) is 20.4 Å². The van der Waals surface area contributed by atoms with Gasteiger partial charge in [0.15, 0.2) is 0 Å². The van der Waals surface area contributed by atoms with E-state index in [1.54, 1.807) is 15.9 Å². The molecule has 2 fully saturated rings. The fraction of sp³-hybridized carbons (Fsp3) is 0.640. The van der Waals surface area contributed by atoms with E-state index >= 15 is 0 Å². The van der Waals surface area contributed by atoms with E-state index in [9.17, 15) is 28.8 Å². The van der Waals surface area contributed by atoms with Gasteiger partial charge in [-0.3, -0.25) is 19.2 Å². The fourth-order valence-electron chi connectivity index (χ4n) is 10.1. The predicted octanol–water partition coefficient (Wildman–Crippen LogP) is 8.94. The predicted molar refractivity (Wildman–Crippen MR) is 255 cm³/mol. The van der Waals surface area contributed by atoms with Crippen molar-refractivity contribution in [3.05, 3.63) is 57.6 Å². The highest BCUT2D eigenvalue weighted by Gasteiger charge is 2.42. The van der Waals surface area contributed by atoms with Gasteiger partial charge in [-0.1, -0.05) is 83.9 Å². The zero-order valence-corrected chi connectivity index (χ0v) is 41.2. The Bertz CT molecular complexity index is 2060. The Morgan fingerprint density at radius 2 is 1.09 bits per heavy atom. The molecule has 2 heterocycles. The number of anilines is 2. The maximum absolute atomic E-state index is 13.7. The van der Waals surface area contributed by atoms with Crippen LogP contribution in [-0.2, 0) is 31.9 Å². The Labute approximate surface area is 391 Å². The molecule has 358 valence electrons. The van der Waals surface area contributed by atoms with Crippen LogP contribution in [0.4, 0.5) is 21.0 Å². The van der Waals surface area contributed by atoms with Gasteiger partial charge in [0.25, 0.3) is 11.8 Å². The quantitative estimate of drug-likeness (QED) is 0.214. The Hall–Kier alpha value is -4.85. The molecule has 0 unspecified atom stereocenters. The van der Waals surface area contributed by atoms with Crippen LogP contribution in [0.5, 0.6) is 0 Å². The van der Waals surface area contributed by atoms with E-state index in [2.05, 4.69) is 34.0 Å². The van der Waals surface area contributed by atoms with E-state index in [-0.39, 0.29) is 67.4 Å². The van der Waals surface area contributed by atoms with E-state index in [0.717, 1.165) is 68.2 Å². The maximum atomic E-state index is 13.7. The molecule has 65 heavy (non-hydrogen) atoms. The summed E-state index contributed by atoms with van der Waals surface area (Å²) < 4.78 is 9.26. The molecular weight excluding hydrogens is 848 g/mol. The highest BCUT2D eigenvalue weighted by molar-refractivity contribution is 6.34. The van der Waals surface area contributed by atoms with Gasteiger partial charge in [-0.2, -0.15) is 0 Å². The average molecular weight is 922 g/mol. The molecule has 0 atom stereocenters. The van der Waals surface area contributed by atoms with Crippen molar-refractivity contribution < 1.29 is 38.2 Å². The SMILES string of the molecule is COC(=O)NCCN1C(=O)C(C)(C)Cc2cc(Cl)c(C(=O)N(C(C)C)C3CCCCC3)cc21.COC(=O)NCCN1C(=O)C(C)(C)Cc2ccc(C(=O)N(C(C)C)C3CCCCC3)cc21. The third kappa shape index (κ3) is 12.1. The number of alkyl carbamates (subject to hydrolysis) is 2. The van der Waals surface area contributed by atoms with Crippen LogP contribution in [0.1, 0.15) is 151 Å². The van der Waals surface area contributed by atoms with Gasteiger partial charge in [-0.25, -0.2) is 9.59 Å². The summed E-state index contributed by atoms with van der Waals surface area (Å²) >= 11 is 6.66. The van der Waals surface area contributed by atoms with Crippen LogP contribution in [0.25, 0.3) is 0 Å². The molecule has 2 N–H and O–H groups in total. The second-order valence-corrected chi connectivity index (χ2v) is 20.3. The van der Waals surface area contributed by atoms with Crippen molar-refractivity contribution in [2.45, 2.75) is 157 Å². The molecule has 6 amide bonds. The topological polar surface area (TPSA) is 158 Å². The Kier molecular flexibility index (Phi) is 17.4. The van der Waals surface area contributed by atoms with Gasteiger partial charge in [0.05, 0.1) is 24.8 Å². The number of amides is 6. The van der Waals surface area contributed by atoms with Crippen LogP contribution in [-0.4, -0.2) is 110 Å². The van der Waals surface area contributed by atoms with E-state index in [1.165, 1.54) is 27.1 Å². The number of fused-ring (bicyclic) bond motifs is 2. The zero-order chi connectivity index (χ0) is 47.8. The van der Waals surface area contributed by atoms with Crippen LogP contribution in [0.2, 0.25) is 5.02 Å². The smallest absolute Gasteiger partial charge is 0.406 e. The monoisotopic (exact) mass is 921 g/mol. The average Bonchev–Trinajstić information content (AvgIpc) is 3.26. The summed E-state index contributed by atoms with van der Waals surface area (Å²) in [5.41, 5.74) is 3.29. The number of hydrogen-bond acceptors (Lipinski definition) is 8. The summed E-state index contributed by atoms with van der Waals surface area (Å²) in [5.74, 6) is -0.112. The molecule has 2 aliphatic heterocycles. The standard InChI is InChI=1S/C25H36ClN3O4.C25H37N3O4/c1-16(2)29(18-9-7-6-8-10-18)22(30)19-14-21-17(13-20(19)26)15-25(3,4)23(31)28(21)12-11-27-24(32)33-5;1-17(2)28(20-9-7-6-8-10-20)22(29)18-11-12-19-16-25(3,4)23(30)27(21(19)15-18)14-13-26-24(31)32-5/h13-14,16,18H,6-12,15H2,1-5H3,(H,27,32);11-12,15,17,20H,6-10,13-14,16H2,1-5H3,(H,26,31). The number of methoxy groups -OCH3 is 2. The number of carbonyl (C=O) groups is 6. The van der Waals surface area contributed by atoms with Crippen molar-refractivity contribution in [3.63, 3.8) is 0 Å². The first-order valence-electron chi connectivity index (χ1n) is 23.6. The molecule has 15 heteroatoms. The summed E-state index contributed by atoms with van der Waals surface area (Å²) in [6.07, 6.45) is 11.2. The second kappa shape index (κ2) is 22.1. The van der Waals surface area contributed by atoms with Gasteiger partial charge in [0.2, 0.25) is 11.8 Å². The van der Waals surface area contributed by atoms with Gasteiger partial charge >= 0.3 is 12.2 Å². The van der Waals surface area contributed by atoms with Gasteiger partial charge < -0.3 is 39.7 Å². The Balaban J connectivity index is 0.000000244. The van der Waals surface area contributed by atoms with E-state index in [1.807, 2.05) is 75.6 Å². The Morgan fingerprint density at radius 1 is 0.662 bits per heavy atom. The van der Waals surface area contributed by atoms with Crippen LogP contribution >= 0.6 is 11.6 Å². The van der Waals surface area contributed by atoms with Gasteiger partial charge in [-0.15, -0.1) is 0 Å². The number of halogens is 1. The maximum Gasteiger partial charge on any atom is 0.406 e. The van der Waals surface area contributed by atoms with Gasteiger partial charge in [0.1, 0.15) is 0 Å². The molecule has 2 aliphatic carbocycles. The first-order valence-corrected chi connectivity index (χ1v) is 24.0. The first kappa shape index (κ1) is 51.1. The Morgan fingerprint density at radius 3 is 1.54 bits per heavy atom. The van der Waals surface area contributed by atoms with Crippen molar-refractivity contribution in [1.29, 1.82) is 0 Å². The number of carbonyl (C=O) groups excluding carboxylic acids is 6. The zero-order valence-electron chi connectivity index (χ0n) is 40.4. The molecule has 0 spiro atoms. The molecular formula is C50H73ClN6O8. The molecule has 6 rings (SSSR count). The number of nitrogens with one attached hydrogen (secondary N) is 2. The first-order chi connectivity index (χ1) is 30.7. The lowest BCUT2D eigenvalue weighted by molar-refractivity contribution is -0.127. The molecule has 0 radical (unpaired) electrons. The van der Waals surface area contributed by atoms with Crippen molar-refractivity contribution in [2.75, 3.05) is 50.2 Å². The largest absolute Gasteiger partial charge is 0.453 e. The van der Waals surface area contributed by atoms with Crippen LogP contribution in [0.15, 0.2) is 30.3 Å². The third-order valence-corrected chi connectivity index (χ3v) is 13.6. The second-order valence-electron chi connectivity index (χ2n) is 19.9. The summed E-state index contributed by atoms with van der Waals surface area (Å²) in [5, 5.41) is 5.68. The molecule has 2 saturated carbocycles. The lowest BCUT2D eigenvalue weighted by Crippen LogP contribution is -2.49. The molecule has 0 aromatic heterocycles. The summed E-state index contributed by atoms with van der Waals surface area (Å²) in [4.78, 5) is 84.0. The molecule has 2 aromatic rings. The molecule has 14 nitrogen and oxygen atoms in total. The number of benzene rings is 2. The lowest BCUT2D eigenvalue weighted by atomic mass is 9.79. The fourth-order valence-corrected chi connectivity index (χ4v) is 10.4. The minimum atomic E-state index is -0.612. The number of nitrogens with zero attached hydrogens (tertiary/aromatic N) is 4. The van der Waals surface area contributed by atoms with Crippen LogP contribution in [0.3, 0.4) is 0 Å². The molecule has 2 aromatic carbocycles. The highest BCUT2D eigenvalue weighted by atomic mass is 35.5. The van der Waals surface area contributed by atoms with Crippen molar-refractivity contribution in [3.8, 4) is 0 Å². The van der Waals surface area contributed by atoms with E-state index < -0.39 is 23.0 Å². The molecule has 0 saturated heterocycles. The number of rotatable bonds is 12. The molecule has 0 bridgehead atoms. The number of hydrogen-bond donors (Lipinski definition) is 2. The minimum absolute atomic E-state index is 0.00531. The summed E-state index contributed by atoms with van der Waals surface area (Å²) in [6, 6.07) is 9.99. The highest BCUT2D eigenvalue weighted by Crippen LogP contribution is 2.41. The van der Waals surface area contributed by atoms with Crippen LogP contribution < -0.4 is 20.4 Å². The normalized spacial score (nSPS) is 18.2. The summed E-state index contributed by atoms with van der Waals surface area (Å²) in [7, 11) is 2.61. The van der Waals surface area contributed by atoms with E-state index in [0.29, 0.717) is 41.2 Å². The lowest BCUT2D eigenvalue weighted by Gasteiger charge is -2.40. The minimum Gasteiger partial charge on any atom is -0.453 e.